The van der Waals surface area contributed by atoms with Crippen molar-refractivity contribution in [2.45, 2.75) is 19.1 Å². The summed E-state index contributed by atoms with van der Waals surface area (Å²) in [6.45, 7) is 3.70. The number of β-amino-alcohol motifs (C(OH)–C–C–N with tert-alkyl or cyclic N) is 2. The summed E-state index contributed by atoms with van der Waals surface area (Å²) < 4.78 is 0. The predicted molar refractivity (Wildman–Crippen MR) is 48.1 cm³/mol. The van der Waals surface area contributed by atoms with E-state index in [0.717, 1.165) is 12.1 Å². The maximum absolute atomic E-state index is 9.21. The van der Waals surface area contributed by atoms with Crippen LogP contribution in [0.15, 0.2) is 11.1 Å². The molecule has 2 unspecified atom stereocenters. The molecule has 1 fully saturated rings. The van der Waals surface area contributed by atoms with Gasteiger partial charge in [-0.15, -0.1) is 0 Å². The first-order valence-electron chi connectivity index (χ1n) is 3.98. The van der Waals surface area contributed by atoms with Crippen LogP contribution in [-0.4, -0.2) is 47.0 Å². The minimum Gasteiger partial charge on any atom is -0.389 e. The number of likely N-dealkylation sites (tertiary alicyclic amines) is 1. The lowest BCUT2D eigenvalue weighted by molar-refractivity contribution is 0.0572. The Balaban J connectivity index is 2.37. The summed E-state index contributed by atoms with van der Waals surface area (Å²) in [6, 6.07) is 0. The molecule has 2 atom stereocenters. The Morgan fingerprint density at radius 3 is 2.42 bits per heavy atom. The van der Waals surface area contributed by atoms with Crippen molar-refractivity contribution in [3.63, 3.8) is 0 Å². The van der Waals surface area contributed by atoms with E-state index in [1.807, 2.05) is 11.8 Å². The molecule has 0 bridgehead atoms. The highest BCUT2D eigenvalue weighted by molar-refractivity contribution is 6.25. The molecule has 0 saturated carbocycles. The van der Waals surface area contributed by atoms with E-state index in [4.69, 9.17) is 11.6 Å². The minimum atomic E-state index is -0.604. The average Bonchev–Trinajstić information content (AvgIpc) is 2.31. The third-order valence-corrected chi connectivity index (χ3v) is 2.37. The fourth-order valence-corrected chi connectivity index (χ4v) is 1.43. The van der Waals surface area contributed by atoms with Gasteiger partial charge in [-0.25, -0.2) is 0 Å². The Bertz CT molecular complexity index is 174. The predicted octanol–water partition coefficient (Wildman–Crippen LogP) is 0.166. The molecule has 0 aliphatic carbocycles. The second-order valence-electron chi connectivity index (χ2n) is 3.28. The molecule has 1 saturated heterocycles. The van der Waals surface area contributed by atoms with Gasteiger partial charge in [-0.3, -0.25) is 4.90 Å². The molecular formula is C8H14ClNO2. The molecule has 2 N–H and O–H groups in total. The van der Waals surface area contributed by atoms with Crippen LogP contribution in [0, 0.1) is 0 Å². The highest BCUT2D eigenvalue weighted by atomic mass is 35.5. The molecule has 0 aromatic heterocycles. The smallest absolute Gasteiger partial charge is 0.0938 e. The van der Waals surface area contributed by atoms with E-state index in [1.165, 1.54) is 5.54 Å². The molecule has 1 aliphatic heterocycles. The molecule has 1 aliphatic rings. The number of aliphatic hydroxyl groups excluding tert-OH is 2. The van der Waals surface area contributed by atoms with Crippen LogP contribution in [0.2, 0.25) is 0 Å². The van der Waals surface area contributed by atoms with E-state index in [-0.39, 0.29) is 0 Å². The number of hydrogen-bond donors (Lipinski definition) is 2. The van der Waals surface area contributed by atoms with Crippen LogP contribution >= 0.6 is 11.6 Å². The van der Waals surface area contributed by atoms with Crippen LogP contribution in [0.25, 0.3) is 0 Å². The first kappa shape index (κ1) is 9.99. The van der Waals surface area contributed by atoms with Crippen molar-refractivity contribution in [3.05, 3.63) is 11.1 Å². The molecule has 1 rings (SSSR count). The Morgan fingerprint density at radius 1 is 1.50 bits per heavy atom. The van der Waals surface area contributed by atoms with Gasteiger partial charge in [0.1, 0.15) is 0 Å². The molecular weight excluding hydrogens is 178 g/mol. The van der Waals surface area contributed by atoms with Gasteiger partial charge in [0.2, 0.25) is 0 Å². The lowest BCUT2D eigenvalue weighted by Crippen LogP contribution is -2.23. The monoisotopic (exact) mass is 191 g/mol. The Kier molecular flexibility index (Phi) is 3.53. The van der Waals surface area contributed by atoms with Crippen LogP contribution in [0.5, 0.6) is 0 Å². The summed E-state index contributed by atoms with van der Waals surface area (Å²) in [5.41, 5.74) is 2.56. The molecule has 0 radical (unpaired) electrons. The van der Waals surface area contributed by atoms with Crippen molar-refractivity contribution in [1.29, 1.82) is 0 Å². The Morgan fingerprint density at radius 2 is 2.00 bits per heavy atom. The number of rotatable bonds is 2. The van der Waals surface area contributed by atoms with Gasteiger partial charge in [-0.2, -0.15) is 0 Å². The van der Waals surface area contributed by atoms with Gasteiger partial charge < -0.3 is 10.2 Å². The van der Waals surface area contributed by atoms with Crippen LogP contribution in [0.3, 0.4) is 0 Å². The van der Waals surface area contributed by atoms with Crippen LogP contribution in [0.4, 0.5) is 0 Å². The van der Waals surface area contributed by atoms with Crippen molar-refractivity contribution in [3.8, 4) is 0 Å². The highest BCUT2D eigenvalue weighted by Gasteiger charge is 2.28. The standard InChI is InChI=1S/C8H14ClNO2/c1-6(2-9)3-10-4-7(11)8(12)5-10/h2,7-8,11-12H,3-5H2,1H3. The Labute approximate surface area is 77.2 Å². The zero-order valence-electron chi connectivity index (χ0n) is 7.07. The van der Waals surface area contributed by atoms with E-state index >= 15 is 0 Å². The van der Waals surface area contributed by atoms with Crippen LogP contribution in [-0.2, 0) is 0 Å². The van der Waals surface area contributed by atoms with Crippen molar-refractivity contribution < 1.29 is 10.2 Å². The van der Waals surface area contributed by atoms with Gasteiger partial charge in [0.05, 0.1) is 12.2 Å². The van der Waals surface area contributed by atoms with E-state index in [2.05, 4.69) is 0 Å². The zero-order chi connectivity index (χ0) is 9.14. The molecule has 0 spiro atoms. The molecule has 0 aromatic rings. The van der Waals surface area contributed by atoms with Crippen molar-refractivity contribution in [2.24, 2.45) is 0 Å². The van der Waals surface area contributed by atoms with E-state index < -0.39 is 12.2 Å². The van der Waals surface area contributed by atoms with Gasteiger partial charge in [-0.1, -0.05) is 11.6 Å². The highest BCUT2D eigenvalue weighted by Crippen LogP contribution is 2.11. The zero-order valence-corrected chi connectivity index (χ0v) is 7.83. The quantitative estimate of drug-likeness (QED) is 0.654. The van der Waals surface area contributed by atoms with E-state index in [1.54, 1.807) is 0 Å². The lowest BCUT2D eigenvalue weighted by atomic mass is 10.3. The van der Waals surface area contributed by atoms with E-state index in [0.29, 0.717) is 13.1 Å². The first-order valence-corrected chi connectivity index (χ1v) is 4.41. The van der Waals surface area contributed by atoms with Gasteiger partial charge >= 0.3 is 0 Å². The van der Waals surface area contributed by atoms with Crippen molar-refractivity contribution in [2.75, 3.05) is 19.6 Å². The molecule has 0 aromatic carbocycles. The molecule has 0 amide bonds. The molecule has 70 valence electrons. The van der Waals surface area contributed by atoms with Crippen molar-refractivity contribution >= 4 is 11.6 Å². The second-order valence-corrected chi connectivity index (χ2v) is 3.50. The van der Waals surface area contributed by atoms with Gasteiger partial charge in [0, 0.05) is 25.2 Å². The third kappa shape index (κ3) is 2.45. The van der Waals surface area contributed by atoms with Gasteiger partial charge in [-0.05, 0) is 12.5 Å². The summed E-state index contributed by atoms with van der Waals surface area (Å²) >= 11 is 5.49. The van der Waals surface area contributed by atoms with Crippen LogP contribution in [0.1, 0.15) is 6.92 Å². The number of halogens is 1. The minimum absolute atomic E-state index is 0.531. The lowest BCUT2D eigenvalue weighted by Gasteiger charge is -2.13. The first-order chi connectivity index (χ1) is 5.63. The fourth-order valence-electron chi connectivity index (χ4n) is 1.36. The largest absolute Gasteiger partial charge is 0.389 e. The molecule has 12 heavy (non-hydrogen) atoms. The molecule has 3 nitrogen and oxygen atoms in total. The molecule has 1 heterocycles. The third-order valence-electron chi connectivity index (χ3n) is 1.99. The van der Waals surface area contributed by atoms with Gasteiger partial charge in [0.25, 0.3) is 0 Å². The van der Waals surface area contributed by atoms with Gasteiger partial charge in [0.15, 0.2) is 0 Å². The summed E-state index contributed by atoms with van der Waals surface area (Å²) in [5.74, 6) is 0. The average molecular weight is 192 g/mol. The Hall–Kier alpha value is -0.0900. The summed E-state index contributed by atoms with van der Waals surface area (Å²) in [6.07, 6.45) is -1.21. The maximum Gasteiger partial charge on any atom is 0.0938 e. The van der Waals surface area contributed by atoms with Crippen LogP contribution < -0.4 is 0 Å². The number of hydrogen-bond acceptors (Lipinski definition) is 3. The fraction of sp³-hybridized carbons (Fsp3) is 0.750. The van der Waals surface area contributed by atoms with Crippen molar-refractivity contribution in [1.82, 2.24) is 4.90 Å². The summed E-state index contributed by atoms with van der Waals surface area (Å²) in [5, 5.41) is 18.4. The topological polar surface area (TPSA) is 43.7 Å². The normalized spacial score (nSPS) is 32.8. The second kappa shape index (κ2) is 4.23. The number of aliphatic hydroxyl groups is 2. The number of nitrogens with zero attached hydrogens (tertiary/aromatic N) is 1. The maximum atomic E-state index is 9.21. The summed E-state index contributed by atoms with van der Waals surface area (Å²) in [7, 11) is 0. The SMILES string of the molecule is CC(=CCl)CN1CC(O)C(O)C1. The summed E-state index contributed by atoms with van der Waals surface area (Å²) in [4.78, 5) is 1.98. The molecule has 4 heteroatoms. The van der Waals surface area contributed by atoms with E-state index in [9.17, 15) is 10.2 Å².